The predicted molar refractivity (Wildman–Crippen MR) is 67.3 cm³/mol. The monoisotopic (exact) mass is 225 g/mol. The smallest absolute Gasteiger partial charge is 0.0466 e. The maximum absolute atomic E-state index is 5.61. The van der Waals surface area contributed by atoms with Crippen molar-refractivity contribution in [3.63, 3.8) is 0 Å². The summed E-state index contributed by atoms with van der Waals surface area (Å²) in [6.07, 6.45) is 5.95. The van der Waals surface area contributed by atoms with Gasteiger partial charge in [-0.1, -0.05) is 12.1 Å². The first-order valence-electron chi connectivity index (χ1n) is 5.31. The third kappa shape index (κ3) is 5.09. The van der Waals surface area contributed by atoms with E-state index in [0.29, 0.717) is 0 Å². The summed E-state index contributed by atoms with van der Waals surface area (Å²) in [5, 5.41) is 0. The Hall–Kier alpha value is -0.670. The second-order valence-corrected chi connectivity index (χ2v) is 4.26. The lowest BCUT2D eigenvalue weighted by Gasteiger charge is -2.08. The Balaban J connectivity index is 0.000000162. The van der Waals surface area contributed by atoms with E-state index in [0.717, 1.165) is 23.8 Å². The first kappa shape index (κ1) is 12.4. The van der Waals surface area contributed by atoms with E-state index in [2.05, 4.69) is 0 Å². The van der Waals surface area contributed by atoms with Crippen LogP contribution in [-0.4, -0.2) is 19.5 Å². The van der Waals surface area contributed by atoms with Crippen LogP contribution in [0, 0.1) is 0 Å². The van der Waals surface area contributed by atoms with Gasteiger partial charge in [0.05, 0.1) is 0 Å². The highest BCUT2D eigenvalue weighted by Gasteiger charge is 1.95. The fourth-order valence-electron chi connectivity index (χ4n) is 1.35. The van der Waals surface area contributed by atoms with Crippen molar-refractivity contribution in [3.05, 3.63) is 24.3 Å². The average Bonchev–Trinajstić information content (AvgIpc) is 2.33. The molecule has 1 aliphatic heterocycles. The summed E-state index contributed by atoms with van der Waals surface area (Å²) < 4.78 is 5.07. The first-order valence-corrected chi connectivity index (χ1v) is 6.53. The fraction of sp³-hybridized carbons (Fsp3) is 0.500. The van der Waals surface area contributed by atoms with Crippen molar-refractivity contribution in [2.75, 3.05) is 25.2 Å². The molecule has 15 heavy (non-hydrogen) atoms. The van der Waals surface area contributed by atoms with E-state index < -0.39 is 0 Å². The molecule has 0 atom stereocenters. The SMILES string of the molecule is C1CCOCC1.CSc1ccccc1N. The minimum absolute atomic E-state index is 0.866. The summed E-state index contributed by atoms with van der Waals surface area (Å²) in [6.45, 7) is 2.00. The van der Waals surface area contributed by atoms with E-state index in [1.54, 1.807) is 11.8 Å². The van der Waals surface area contributed by atoms with E-state index in [1.807, 2.05) is 30.5 Å². The van der Waals surface area contributed by atoms with Crippen molar-refractivity contribution in [1.82, 2.24) is 0 Å². The second-order valence-electron chi connectivity index (χ2n) is 3.41. The van der Waals surface area contributed by atoms with Crippen LogP contribution in [0.2, 0.25) is 0 Å². The summed E-state index contributed by atoms with van der Waals surface area (Å²) in [4.78, 5) is 1.15. The molecule has 1 saturated heterocycles. The summed E-state index contributed by atoms with van der Waals surface area (Å²) in [5.41, 5.74) is 6.48. The number of hydrogen-bond donors (Lipinski definition) is 1. The third-order valence-electron chi connectivity index (χ3n) is 2.22. The Kier molecular flexibility index (Phi) is 6.28. The average molecular weight is 225 g/mol. The Labute approximate surface area is 96.2 Å². The van der Waals surface area contributed by atoms with Crippen LogP contribution in [0.5, 0.6) is 0 Å². The summed E-state index contributed by atoms with van der Waals surface area (Å²) in [5.74, 6) is 0. The number of rotatable bonds is 1. The van der Waals surface area contributed by atoms with Gasteiger partial charge in [-0.2, -0.15) is 0 Å². The predicted octanol–water partition coefficient (Wildman–Crippen LogP) is 3.18. The van der Waals surface area contributed by atoms with Crippen LogP contribution in [0.25, 0.3) is 0 Å². The standard InChI is InChI=1S/C7H9NS.C5H10O/c1-9-7-5-3-2-4-6(7)8;1-2-4-6-5-3-1/h2-5H,8H2,1H3;1-5H2. The normalized spacial score (nSPS) is 15.3. The van der Waals surface area contributed by atoms with Gasteiger partial charge in [0.15, 0.2) is 0 Å². The highest BCUT2D eigenvalue weighted by atomic mass is 32.2. The molecule has 84 valence electrons. The summed E-state index contributed by atoms with van der Waals surface area (Å²) in [6, 6.07) is 7.85. The molecule has 3 heteroatoms. The largest absolute Gasteiger partial charge is 0.398 e. The van der Waals surface area contributed by atoms with Crippen LogP contribution in [0.1, 0.15) is 19.3 Å². The zero-order valence-electron chi connectivity index (χ0n) is 9.24. The van der Waals surface area contributed by atoms with E-state index >= 15 is 0 Å². The number of benzene rings is 1. The van der Waals surface area contributed by atoms with Crippen LogP contribution in [0.15, 0.2) is 29.2 Å². The van der Waals surface area contributed by atoms with Crippen LogP contribution >= 0.6 is 11.8 Å². The Bertz CT molecular complexity index is 263. The number of nitrogen functional groups attached to an aromatic ring is 1. The molecule has 2 nitrogen and oxygen atoms in total. The highest BCUT2D eigenvalue weighted by molar-refractivity contribution is 7.98. The van der Waals surface area contributed by atoms with E-state index in [4.69, 9.17) is 10.5 Å². The van der Waals surface area contributed by atoms with Gasteiger partial charge in [0.25, 0.3) is 0 Å². The number of hydrogen-bond acceptors (Lipinski definition) is 3. The third-order valence-corrected chi connectivity index (χ3v) is 3.03. The minimum Gasteiger partial charge on any atom is -0.398 e. The number of para-hydroxylation sites is 1. The van der Waals surface area contributed by atoms with Gasteiger partial charge in [-0.25, -0.2) is 0 Å². The zero-order chi connectivity index (χ0) is 10.9. The maximum atomic E-state index is 5.61. The van der Waals surface area contributed by atoms with E-state index in [1.165, 1.54) is 19.3 Å². The molecular formula is C12H19NOS. The molecule has 0 radical (unpaired) electrons. The van der Waals surface area contributed by atoms with E-state index in [-0.39, 0.29) is 0 Å². The molecule has 0 saturated carbocycles. The van der Waals surface area contributed by atoms with Crippen LogP contribution in [0.4, 0.5) is 5.69 Å². The molecule has 1 aromatic rings. The van der Waals surface area contributed by atoms with Crippen LogP contribution in [-0.2, 0) is 4.74 Å². The van der Waals surface area contributed by atoms with Crippen molar-refractivity contribution >= 4 is 17.4 Å². The lowest BCUT2D eigenvalue weighted by molar-refractivity contribution is 0.0968. The van der Waals surface area contributed by atoms with Gasteiger partial charge < -0.3 is 10.5 Å². The van der Waals surface area contributed by atoms with E-state index in [9.17, 15) is 0 Å². The van der Waals surface area contributed by atoms with Crippen molar-refractivity contribution in [2.24, 2.45) is 0 Å². The molecule has 1 aromatic carbocycles. The van der Waals surface area contributed by atoms with Crippen LogP contribution < -0.4 is 5.73 Å². The Morgan fingerprint density at radius 1 is 1.13 bits per heavy atom. The lowest BCUT2D eigenvalue weighted by atomic mass is 10.2. The molecular weight excluding hydrogens is 206 g/mol. The van der Waals surface area contributed by atoms with Gasteiger partial charge in [0.1, 0.15) is 0 Å². The lowest BCUT2D eigenvalue weighted by Crippen LogP contribution is -2.03. The maximum Gasteiger partial charge on any atom is 0.0466 e. The zero-order valence-corrected chi connectivity index (χ0v) is 10.1. The van der Waals surface area contributed by atoms with Gasteiger partial charge in [-0.15, -0.1) is 11.8 Å². The molecule has 0 aliphatic carbocycles. The highest BCUT2D eigenvalue weighted by Crippen LogP contribution is 2.20. The molecule has 0 spiro atoms. The molecule has 0 unspecified atom stereocenters. The number of ether oxygens (including phenoxy) is 1. The van der Waals surface area contributed by atoms with Gasteiger partial charge in [0, 0.05) is 23.8 Å². The minimum atomic E-state index is 0.866. The Morgan fingerprint density at radius 2 is 1.80 bits per heavy atom. The van der Waals surface area contributed by atoms with Gasteiger partial charge in [0.2, 0.25) is 0 Å². The molecule has 2 N–H and O–H groups in total. The van der Waals surface area contributed by atoms with Crippen molar-refractivity contribution in [2.45, 2.75) is 24.2 Å². The molecule has 0 amide bonds. The topological polar surface area (TPSA) is 35.2 Å². The first-order chi connectivity index (χ1) is 7.34. The van der Waals surface area contributed by atoms with Crippen molar-refractivity contribution in [1.29, 1.82) is 0 Å². The van der Waals surface area contributed by atoms with Gasteiger partial charge in [-0.3, -0.25) is 0 Å². The quantitative estimate of drug-likeness (QED) is 0.589. The van der Waals surface area contributed by atoms with Gasteiger partial charge in [-0.05, 0) is 37.7 Å². The molecule has 0 aromatic heterocycles. The molecule has 0 bridgehead atoms. The molecule has 1 heterocycles. The number of anilines is 1. The summed E-state index contributed by atoms with van der Waals surface area (Å²) in [7, 11) is 0. The van der Waals surface area contributed by atoms with Crippen LogP contribution in [0.3, 0.4) is 0 Å². The van der Waals surface area contributed by atoms with Crippen molar-refractivity contribution in [3.8, 4) is 0 Å². The number of nitrogens with two attached hydrogens (primary N) is 1. The molecule has 1 aliphatic rings. The second kappa shape index (κ2) is 7.60. The summed E-state index contributed by atoms with van der Waals surface area (Å²) >= 11 is 1.67. The fourth-order valence-corrected chi connectivity index (χ4v) is 1.87. The Morgan fingerprint density at radius 3 is 2.13 bits per heavy atom. The number of thioether (sulfide) groups is 1. The molecule has 2 rings (SSSR count). The van der Waals surface area contributed by atoms with Gasteiger partial charge >= 0.3 is 0 Å². The molecule has 1 fully saturated rings. The van der Waals surface area contributed by atoms with Crippen molar-refractivity contribution < 1.29 is 4.74 Å².